The summed E-state index contributed by atoms with van der Waals surface area (Å²) in [6, 6.07) is -1.32. The predicted molar refractivity (Wildman–Crippen MR) is 100 cm³/mol. The van der Waals surface area contributed by atoms with Crippen LogP contribution in [0.25, 0.3) is 0 Å². The average Bonchev–Trinajstić information content (AvgIpc) is 3.01. The molecule has 0 aromatic rings. The SMILES string of the molecule is CC=C(C)CCCC(NC(=O)OC(C)(C)C)C(=O)N1CCCC1C(N)=O. The summed E-state index contributed by atoms with van der Waals surface area (Å²) in [5, 5.41) is 2.68. The number of rotatable bonds is 7. The largest absolute Gasteiger partial charge is 0.444 e. The Hall–Kier alpha value is -2.05. The van der Waals surface area contributed by atoms with Crippen molar-refractivity contribution in [2.45, 2.75) is 84.4 Å². The van der Waals surface area contributed by atoms with E-state index >= 15 is 0 Å². The van der Waals surface area contributed by atoms with E-state index < -0.39 is 29.7 Å². The molecule has 148 valence electrons. The number of alkyl carbamates (subject to hydrolysis) is 1. The Balaban J connectivity index is 2.82. The van der Waals surface area contributed by atoms with Gasteiger partial charge in [0.25, 0.3) is 0 Å². The van der Waals surface area contributed by atoms with E-state index in [1.165, 1.54) is 10.5 Å². The first-order valence-electron chi connectivity index (χ1n) is 9.26. The van der Waals surface area contributed by atoms with Gasteiger partial charge in [-0.15, -0.1) is 0 Å². The van der Waals surface area contributed by atoms with Gasteiger partial charge in [-0.25, -0.2) is 4.79 Å². The lowest BCUT2D eigenvalue weighted by Gasteiger charge is -2.29. The maximum Gasteiger partial charge on any atom is 0.408 e. The van der Waals surface area contributed by atoms with Crippen LogP contribution in [0.1, 0.15) is 66.7 Å². The summed E-state index contributed by atoms with van der Waals surface area (Å²) in [4.78, 5) is 38.2. The van der Waals surface area contributed by atoms with Crippen molar-refractivity contribution in [3.63, 3.8) is 0 Å². The van der Waals surface area contributed by atoms with E-state index in [2.05, 4.69) is 5.32 Å². The number of hydrogen-bond acceptors (Lipinski definition) is 4. The lowest BCUT2D eigenvalue weighted by Crippen LogP contribution is -2.53. The molecule has 0 spiro atoms. The molecule has 1 rings (SSSR count). The summed E-state index contributed by atoms with van der Waals surface area (Å²) in [7, 11) is 0. The van der Waals surface area contributed by atoms with E-state index in [4.69, 9.17) is 10.5 Å². The maximum absolute atomic E-state index is 12.9. The highest BCUT2D eigenvalue weighted by molar-refractivity contribution is 5.91. The molecule has 0 aliphatic carbocycles. The number of allylic oxidation sites excluding steroid dienone is 2. The molecular formula is C19H33N3O4. The number of carbonyl (C=O) groups excluding carboxylic acids is 3. The van der Waals surface area contributed by atoms with E-state index in [1.807, 2.05) is 19.9 Å². The molecule has 1 aliphatic heterocycles. The number of likely N-dealkylation sites (tertiary alicyclic amines) is 1. The van der Waals surface area contributed by atoms with Crippen molar-refractivity contribution in [2.75, 3.05) is 6.54 Å². The highest BCUT2D eigenvalue weighted by Gasteiger charge is 2.36. The molecule has 1 aliphatic rings. The number of nitrogens with zero attached hydrogens (tertiary/aromatic N) is 1. The number of ether oxygens (including phenoxy) is 1. The first-order chi connectivity index (χ1) is 12.0. The normalized spacial score (nSPS) is 19.2. The average molecular weight is 367 g/mol. The molecule has 3 amide bonds. The molecule has 1 fully saturated rings. The van der Waals surface area contributed by atoms with Crippen LogP contribution < -0.4 is 11.1 Å². The Morgan fingerprint density at radius 2 is 2.00 bits per heavy atom. The van der Waals surface area contributed by atoms with Crippen LogP contribution in [0.2, 0.25) is 0 Å². The molecule has 0 bridgehead atoms. The third-order valence-electron chi connectivity index (χ3n) is 4.41. The Bertz CT molecular complexity index is 551. The van der Waals surface area contributed by atoms with E-state index in [0.29, 0.717) is 19.4 Å². The van der Waals surface area contributed by atoms with Gasteiger partial charge in [-0.2, -0.15) is 0 Å². The van der Waals surface area contributed by atoms with Crippen LogP contribution in [0.5, 0.6) is 0 Å². The quantitative estimate of drug-likeness (QED) is 0.675. The predicted octanol–water partition coefficient (Wildman–Crippen LogP) is 2.49. The fourth-order valence-corrected chi connectivity index (χ4v) is 2.96. The summed E-state index contributed by atoms with van der Waals surface area (Å²) < 4.78 is 5.28. The van der Waals surface area contributed by atoms with E-state index in [-0.39, 0.29) is 5.91 Å². The topological polar surface area (TPSA) is 102 Å². The van der Waals surface area contributed by atoms with Crippen molar-refractivity contribution in [1.29, 1.82) is 0 Å². The third-order valence-corrected chi connectivity index (χ3v) is 4.41. The minimum absolute atomic E-state index is 0.268. The molecule has 26 heavy (non-hydrogen) atoms. The molecule has 0 radical (unpaired) electrons. The highest BCUT2D eigenvalue weighted by Crippen LogP contribution is 2.20. The maximum atomic E-state index is 12.9. The van der Waals surface area contributed by atoms with Gasteiger partial charge in [-0.3, -0.25) is 9.59 Å². The van der Waals surface area contributed by atoms with Gasteiger partial charge in [0.15, 0.2) is 0 Å². The Morgan fingerprint density at radius 3 is 2.54 bits per heavy atom. The number of nitrogens with two attached hydrogens (primary N) is 1. The molecule has 0 aromatic heterocycles. The van der Waals surface area contributed by atoms with Gasteiger partial charge in [-0.1, -0.05) is 11.6 Å². The first-order valence-corrected chi connectivity index (χ1v) is 9.26. The van der Waals surface area contributed by atoms with E-state index in [1.54, 1.807) is 20.8 Å². The zero-order valence-corrected chi connectivity index (χ0v) is 16.6. The summed E-state index contributed by atoms with van der Waals surface area (Å²) in [6.07, 6.45) is 4.77. The van der Waals surface area contributed by atoms with Gasteiger partial charge in [0, 0.05) is 6.54 Å². The van der Waals surface area contributed by atoms with Gasteiger partial charge in [0.2, 0.25) is 11.8 Å². The molecule has 0 saturated carbocycles. The van der Waals surface area contributed by atoms with Crippen LogP contribution >= 0.6 is 0 Å². The Labute approximate surface area is 156 Å². The minimum Gasteiger partial charge on any atom is -0.444 e. The second kappa shape index (κ2) is 9.59. The van der Waals surface area contributed by atoms with Crippen LogP contribution in [0.4, 0.5) is 4.79 Å². The van der Waals surface area contributed by atoms with Gasteiger partial charge in [-0.05, 0) is 66.7 Å². The van der Waals surface area contributed by atoms with Gasteiger partial charge in [0.1, 0.15) is 17.7 Å². The van der Waals surface area contributed by atoms with Crippen molar-refractivity contribution in [1.82, 2.24) is 10.2 Å². The summed E-state index contributed by atoms with van der Waals surface area (Å²) >= 11 is 0. The van der Waals surface area contributed by atoms with Crippen molar-refractivity contribution < 1.29 is 19.1 Å². The molecule has 3 N–H and O–H groups in total. The molecule has 1 saturated heterocycles. The van der Waals surface area contributed by atoms with Crippen LogP contribution in [-0.2, 0) is 14.3 Å². The van der Waals surface area contributed by atoms with Crippen LogP contribution in [0, 0.1) is 0 Å². The smallest absolute Gasteiger partial charge is 0.408 e. The third kappa shape index (κ3) is 7.06. The van der Waals surface area contributed by atoms with Crippen LogP contribution in [0.15, 0.2) is 11.6 Å². The summed E-state index contributed by atoms with van der Waals surface area (Å²) in [5.41, 5.74) is 5.99. The zero-order valence-electron chi connectivity index (χ0n) is 16.6. The van der Waals surface area contributed by atoms with Gasteiger partial charge >= 0.3 is 6.09 Å². The molecule has 7 nitrogen and oxygen atoms in total. The second-order valence-electron chi connectivity index (χ2n) is 7.82. The first kappa shape index (κ1) is 22.0. The standard InChI is InChI=1S/C19H33N3O4/c1-6-13(2)9-7-10-14(21-18(25)26-19(3,4)5)17(24)22-12-8-11-15(22)16(20)23/h6,14-15H,7-12H2,1-5H3,(H2,20,23)(H,21,25). The number of hydrogen-bond donors (Lipinski definition) is 2. The number of nitrogens with one attached hydrogen (secondary N) is 1. The summed E-state index contributed by atoms with van der Waals surface area (Å²) in [6.45, 7) is 9.78. The lowest BCUT2D eigenvalue weighted by molar-refractivity contribution is -0.139. The number of amides is 3. The Morgan fingerprint density at radius 1 is 1.35 bits per heavy atom. The lowest BCUT2D eigenvalue weighted by atomic mass is 10.0. The molecule has 7 heteroatoms. The van der Waals surface area contributed by atoms with Crippen LogP contribution in [0.3, 0.4) is 0 Å². The molecular weight excluding hydrogens is 334 g/mol. The summed E-state index contributed by atoms with van der Waals surface area (Å²) in [5.74, 6) is -0.771. The fourth-order valence-electron chi connectivity index (χ4n) is 2.96. The van der Waals surface area contributed by atoms with Crippen molar-refractivity contribution in [2.24, 2.45) is 5.73 Å². The molecule has 0 aromatic carbocycles. The van der Waals surface area contributed by atoms with Crippen molar-refractivity contribution >= 4 is 17.9 Å². The number of carbonyl (C=O) groups is 3. The monoisotopic (exact) mass is 367 g/mol. The van der Waals surface area contributed by atoms with Gasteiger partial charge in [0.05, 0.1) is 0 Å². The van der Waals surface area contributed by atoms with E-state index in [9.17, 15) is 14.4 Å². The van der Waals surface area contributed by atoms with E-state index in [0.717, 1.165) is 19.3 Å². The molecule has 2 unspecified atom stereocenters. The van der Waals surface area contributed by atoms with Crippen molar-refractivity contribution in [3.8, 4) is 0 Å². The number of primary amides is 1. The highest BCUT2D eigenvalue weighted by atomic mass is 16.6. The molecule has 2 atom stereocenters. The minimum atomic E-state index is -0.727. The van der Waals surface area contributed by atoms with Gasteiger partial charge < -0.3 is 20.7 Å². The fraction of sp³-hybridized carbons (Fsp3) is 0.737. The molecule has 1 heterocycles. The van der Waals surface area contributed by atoms with Crippen LogP contribution in [-0.4, -0.2) is 47.0 Å². The second-order valence-corrected chi connectivity index (χ2v) is 7.82. The van der Waals surface area contributed by atoms with Crippen molar-refractivity contribution in [3.05, 3.63) is 11.6 Å². The zero-order chi connectivity index (χ0) is 19.9. The Kier molecular flexibility index (Phi) is 8.11.